The van der Waals surface area contributed by atoms with E-state index in [0.29, 0.717) is 16.3 Å². The molecule has 0 radical (unpaired) electrons. The SMILES string of the molecule is CN(C)c1ccc(-c2csc3c(=O)nc(N4CCCCC4)oc23)cc1. The van der Waals surface area contributed by atoms with Crippen LogP contribution < -0.4 is 15.4 Å². The lowest BCUT2D eigenvalue weighted by molar-refractivity contribution is 0.498. The molecule has 1 saturated heterocycles. The summed E-state index contributed by atoms with van der Waals surface area (Å²) in [5.74, 6) is 0. The Morgan fingerprint density at radius 3 is 2.52 bits per heavy atom. The number of fused-ring (bicyclic) bond motifs is 1. The topological polar surface area (TPSA) is 49.6 Å². The van der Waals surface area contributed by atoms with Crippen molar-refractivity contribution in [1.29, 1.82) is 0 Å². The average molecular weight is 355 g/mol. The molecule has 0 spiro atoms. The van der Waals surface area contributed by atoms with Crippen LogP contribution >= 0.6 is 11.3 Å². The third-order valence-electron chi connectivity index (χ3n) is 4.65. The first-order valence-corrected chi connectivity index (χ1v) is 9.46. The summed E-state index contributed by atoms with van der Waals surface area (Å²) in [6.45, 7) is 1.80. The lowest BCUT2D eigenvalue weighted by Gasteiger charge is -2.25. The molecule has 6 heteroatoms. The van der Waals surface area contributed by atoms with E-state index in [4.69, 9.17) is 4.42 Å². The molecule has 1 aliphatic heterocycles. The Hall–Kier alpha value is -2.34. The largest absolute Gasteiger partial charge is 0.423 e. The Morgan fingerprint density at radius 2 is 1.84 bits per heavy atom. The van der Waals surface area contributed by atoms with Gasteiger partial charge in [0.2, 0.25) is 0 Å². The highest BCUT2D eigenvalue weighted by molar-refractivity contribution is 7.17. The zero-order valence-electron chi connectivity index (χ0n) is 14.5. The van der Waals surface area contributed by atoms with E-state index >= 15 is 0 Å². The molecule has 1 aromatic carbocycles. The normalized spacial score (nSPS) is 14.9. The molecule has 4 rings (SSSR count). The molecule has 3 heterocycles. The van der Waals surface area contributed by atoms with Gasteiger partial charge in [0.15, 0.2) is 5.58 Å². The Morgan fingerprint density at radius 1 is 1.12 bits per heavy atom. The van der Waals surface area contributed by atoms with Gasteiger partial charge in [-0.2, -0.15) is 4.98 Å². The van der Waals surface area contributed by atoms with E-state index < -0.39 is 0 Å². The summed E-state index contributed by atoms with van der Waals surface area (Å²) in [6.07, 6.45) is 3.46. The molecule has 1 fully saturated rings. The van der Waals surface area contributed by atoms with Crippen LogP contribution in [0.4, 0.5) is 11.7 Å². The van der Waals surface area contributed by atoms with Crippen molar-refractivity contribution < 1.29 is 4.42 Å². The van der Waals surface area contributed by atoms with E-state index in [2.05, 4.69) is 39.0 Å². The van der Waals surface area contributed by atoms with Gasteiger partial charge in [-0.3, -0.25) is 4.79 Å². The van der Waals surface area contributed by atoms with Crippen LogP contribution in [0, 0.1) is 0 Å². The highest BCUT2D eigenvalue weighted by Crippen LogP contribution is 2.34. The van der Waals surface area contributed by atoms with Gasteiger partial charge in [0.25, 0.3) is 5.56 Å². The van der Waals surface area contributed by atoms with Gasteiger partial charge in [-0.25, -0.2) is 0 Å². The van der Waals surface area contributed by atoms with Gasteiger partial charge in [-0.1, -0.05) is 12.1 Å². The van der Waals surface area contributed by atoms with Crippen LogP contribution in [0.2, 0.25) is 0 Å². The molecular weight excluding hydrogens is 334 g/mol. The van der Waals surface area contributed by atoms with Crippen molar-refractivity contribution in [2.75, 3.05) is 37.0 Å². The first-order chi connectivity index (χ1) is 12.1. The monoisotopic (exact) mass is 355 g/mol. The number of piperidine rings is 1. The van der Waals surface area contributed by atoms with E-state index in [0.717, 1.165) is 42.7 Å². The number of aromatic nitrogens is 1. The molecule has 0 atom stereocenters. The molecule has 0 unspecified atom stereocenters. The molecule has 0 bridgehead atoms. The van der Waals surface area contributed by atoms with Crippen LogP contribution in [0.25, 0.3) is 21.4 Å². The summed E-state index contributed by atoms with van der Waals surface area (Å²) < 4.78 is 6.69. The van der Waals surface area contributed by atoms with E-state index in [-0.39, 0.29) is 5.56 Å². The molecular formula is C19H21N3O2S. The van der Waals surface area contributed by atoms with Crippen molar-refractivity contribution in [3.8, 4) is 11.1 Å². The van der Waals surface area contributed by atoms with Crippen molar-refractivity contribution >= 4 is 33.3 Å². The molecule has 130 valence electrons. The van der Waals surface area contributed by atoms with Crippen LogP contribution in [-0.2, 0) is 0 Å². The molecule has 2 aromatic heterocycles. The maximum atomic E-state index is 12.4. The zero-order chi connectivity index (χ0) is 17.4. The maximum absolute atomic E-state index is 12.4. The molecule has 1 aliphatic rings. The maximum Gasteiger partial charge on any atom is 0.301 e. The van der Waals surface area contributed by atoms with Gasteiger partial charge >= 0.3 is 6.01 Å². The molecule has 3 aromatic rings. The Bertz CT molecular complexity index is 937. The van der Waals surface area contributed by atoms with Gasteiger partial charge < -0.3 is 14.2 Å². The first-order valence-electron chi connectivity index (χ1n) is 8.58. The number of thiophene rings is 1. The van der Waals surface area contributed by atoms with Crippen LogP contribution in [0.3, 0.4) is 0 Å². The summed E-state index contributed by atoms with van der Waals surface area (Å²) in [5, 5.41) is 1.99. The minimum atomic E-state index is -0.192. The number of rotatable bonds is 3. The second-order valence-corrected chi connectivity index (χ2v) is 7.48. The third kappa shape index (κ3) is 3.02. The molecule has 0 aliphatic carbocycles. The fraction of sp³-hybridized carbons (Fsp3) is 0.368. The molecule has 0 amide bonds. The number of benzene rings is 1. The van der Waals surface area contributed by atoms with E-state index in [9.17, 15) is 4.79 Å². The van der Waals surface area contributed by atoms with Gasteiger partial charge in [-0.05, 0) is 37.0 Å². The lowest BCUT2D eigenvalue weighted by atomic mass is 10.1. The Kier molecular flexibility index (Phi) is 4.21. The minimum Gasteiger partial charge on any atom is -0.423 e. The number of nitrogens with zero attached hydrogens (tertiary/aromatic N) is 3. The summed E-state index contributed by atoms with van der Waals surface area (Å²) in [5.41, 5.74) is 3.62. The highest BCUT2D eigenvalue weighted by Gasteiger charge is 2.19. The van der Waals surface area contributed by atoms with Gasteiger partial charge in [-0.15, -0.1) is 11.3 Å². The molecule has 25 heavy (non-hydrogen) atoms. The van der Waals surface area contributed by atoms with Crippen LogP contribution in [-0.4, -0.2) is 32.2 Å². The predicted octanol–water partition coefficient (Wildman–Crippen LogP) is 3.97. The average Bonchev–Trinajstić information content (AvgIpc) is 3.07. The second-order valence-electron chi connectivity index (χ2n) is 6.60. The van der Waals surface area contributed by atoms with Crippen LogP contribution in [0.15, 0.2) is 38.9 Å². The van der Waals surface area contributed by atoms with Gasteiger partial charge in [0.05, 0.1) is 0 Å². The van der Waals surface area contributed by atoms with Crippen molar-refractivity contribution in [3.63, 3.8) is 0 Å². The summed E-state index contributed by atoms with van der Waals surface area (Å²) in [6, 6.07) is 8.74. The van der Waals surface area contributed by atoms with E-state index in [1.54, 1.807) is 0 Å². The van der Waals surface area contributed by atoms with Crippen molar-refractivity contribution in [1.82, 2.24) is 4.98 Å². The Labute approximate surface area is 150 Å². The summed E-state index contributed by atoms with van der Waals surface area (Å²) in [7, 11) is 4.04. The number of hydrogen-bond acceptors (Lipinski definition) is 6. The number of hydrogen-bond donors (Lipinski definition) is 0. The third-order valence-corrected chi connectivity index (χ3v) is 5.60. The summed E-state index contributed by atoms with van der Waals surface area (Å²) >= 11 is 1.40. The lowest BCUT2D eigenvalue weighted by Crippen LogP contribution is -2.31. The fourth-order valence-corrected chi connectivity index (χ4v) is 4.09. The minimum absolute atomic E-state index is 0.192. The highest BCUT2D eigenvalue weighted by atomic mass is 32.1. The van der Waals surface area contributed by atoms with Crippen LogP contribution in [0.5, 0.6) is 0 Å². The van der Waals surface area contributed by atoms with Gasteiger partial charge in [0, 0.05) is 43.8 Å². The van der Waals surface area contributed by atoms with E-state index in [1.165, 1.54) is 17.8 Å². The first kappa shape index (κ1) is 16.1. The summed E-state index contributed by atoms with van der Waals surface area (Å²) in [4.78, 5) is 20.8. The smallest absolute Gasteiger partial charge is 0.301 e. The standard InChI is InChI=1S/C19H21N3O2S/c1-21(2)14-8-6-13(7-9-14)15-12-25-17-16(15)24-19(20-18(17)23)22-10-4-3-5-11-22/h6-9,12H,3-5,10-11H2,1-2H3. The van der Waals surface area contributed by atoms with Crippen LogP contribution in [0.1, 0.15) is 19.3 Å². The molecule has 0 saturated carbocycles. The van der Waals surface area contributed by atoms with E-state index in [1.807, 2.05) is 19.5 Å². The predicted molar refractivity (Wildman–Crippen MR) is 104 cm³/mol. The molecule has 0 N–H and O–H groups in total. The van der Waals surface area contributed by atoms with Crippen molar-refractivity contribution in [2.24, 2.45) is 0 Å². The van der Waals surface area contributed by atoms with Crippen molar-refractivity contribution in [3.05, 3.63) is 40.0 Å². The Balaban J connectivity index is 1.79. The fourth-order valence-electron chi connectivity index (χ4n) is 3.21. The molecule has 5 nitrogen and oxygen atoms in total. The number of anilines is 2. The second kappa shape index (κ2) is 6.52. The van der Waals surface area contributed by atoms with Gasteiger partial charge in [0.1, 0.15) is 4.70 Å². The van der Waals surface area contributed by atoms with Crippen molar-refractivity contribution in [2.45, 2.75) is 19.3 Å². The zero-order valence-corrected chi connectivity index (χ0v) is 15.3. The quantitative estimate of drug-likeness (QED) is 0.711.